The van der Waals surface area contributed by atoms with E-state index in [2.05, 4.69) is 4.74 Å². The van der Waals surface area contributed by atoms with Crippen LogP contribution in [-0.2, 0) is 0 Å². The quantitative estimate of drug-likeness (QED) is 0.322. The van der Waals surface area contributed by atoms with Crippen LogP contribution >= 0.6 is 0 Å². The van der Waals surface area contributed by atoms with Gasteiger partial charge in [0.2, 0.25) is 0 Å². The Labute approximate surface area is 171 Å². The summed E-state index contributed by atoms with van der Waals surface area (Å²) < 4.78 is 225. The molecule has 0 amide bonds. The lowest BCUT2D eigenvalue weighted by Gasteiger charge is -2.42. The Hall–Kier alpha value is -2.17. The molecule has 1 aromatic carbocycles. The zero-order chi connectivity index (χ0) is 26.7. The molecule has 0 unspecified atom stereocenters. The summed E-state index contributed by atoms with van der Waals surface area (Å²) in [6.45, 7) is 1.27. The summed E-state index contributed by atoms with van der Waals surface area (Å²) in [7, 11) is 0. The average molecular weight is 526 g/mol. The van der Waals surface area contributed by atoms with Crippen LogP contribution in [0.4, 0.5) is 74.6 Å². The first kappa shape index (κ1) is 28.9. The summed E-state index contributed by atoms with van der Waals surface area (Å²) in [4.78, 5) is 0. The Balaban J connectivity index is 3.57. The van der Waals surface area contributed by atoms with Crippen LogP contribution in [0.2, 0.25) is 0 Å². The van der Waals surface area contributed by atoms with Gasteiger partial charge in [0.05, 0.1) is 0 Å². The molecular weight excluding hydrogens is 519 g/mol. The van der Waals surface area contributed by atoms with Crippen LogP contribution in [0.1, 0.15) is 5.56 Å². The number of ether oxygens (including phenoxy) is 1. The monoisotopic (exact) mass is 526 g/mol. The lowest BCUT2D eigenvalue weighted by atomic mass is 9.90. The highest BCUT2D eigenvalue weighted by Crippen LogP contribution is 2.63. The lowest BCUT2D eigenvalue weighted by Crippen LogP contribution is -2.74. The molecule has 0 aliphatic heterocycles. The van der Waals surface area contributed by atoms with E-state index < -0.39 is 53.6 Å². The first-order valence-electron chi connectivity index (χ1n) is 7.69. The SMILES string of the molecule is Cc1ccc(OC(F)(F)C(F)(F)C(F)(F)C(F)(F)C(F)(F)C(F)(F)C(F)(F)C(F)(F)F)cc1. The van der Waals surface area contributed by atoms with Crippen molar-refractivity contribution in [3.8, 4) is 5.75 Å². The van der Waals surface area contributed by atoms with Crippen molar-refractivity contribution in [2.75, 3.05) is 0 Å². The molecule has 0 bridgehead atoms. The van der Waals surface area contributed by atoms with Crippen molar-refractivity contribution in [3.05, 3.63) is 29.8 Å². The van der Waals surface area contributed by atoms with Crippen LogP contribution in [0.5, 0.6) is 5.75 Å². The second-order valence-electron chi connectivity index (χ2n) is 6.38. The first-order valence-corrected chi connectivity index (χ1v) is 7.69. The topological polar surface area (TPSA) is 9.23 Å². The molecule has 0 heterocycles. The summed E-state index contributed by atoms with van der Waals surface area (Å²) in [5.74, 6) is -51.7. The van der Waals surface area contributed by atoms with E-state index >= 15 is 0 Å². The summed E-state index contributed by atoms with van der Waals surface area (Å²) in [5.41, 5.74) is 0.210. The molecule has 1 nitrogen and oxygen atoms in total. The zero-order valence-corrected chi connectivity index (χ0v) is 15.1. The number of hydrogen-bond acceptors (Lipinski definition) is 1. The van der Waals surface area contributed by atoms with Gasteiger partial charge in [-0.2, -0.15) is 74.6 Å². The minimum Gasteiger partial charge on any atom is -0.428 e. The fourth-order valence-electron chi connectivity index (χ4n) is 1.97. The van der Waals surface area contributed by atoms with Crippen LogP contribution in [0.15, 0.2) is 24.3 Å². The molecule has 0 radical (unpaired) electrons. The maximum Gasteiger partial charge on any atom is 0.471 e. The second kappa shape index (κ2) is 7.68. The number of halogens is 17. The van der Waals surface area contributed by atoms with Gasteiger partial charge in [-0.1, -0.05) is 17.7 Å². The fourth-order valence-corrected chi connectivity index (χ4v) is 1.97. The van der Waals surface area contributed by atoms with Crippen LogP contribution in [-0.4, -0.2) is 47.8 Å². The molecule has 192 valence electrons. The van der Waals surface area contributed by atoms with E-state index in [0.717, 1.165) is 12.1 Å². The molecule has 33 heavy (non-hydrogen) atoms. The Morgan fingerprint density at radius 3 is 1.09 bits per heavy atom. The van der Waals surface area contributed by atoms with Crippen molar-refractivity contribution in [2.24, 2.45) is 0 Å². The second-order valence-corrected chi connectivity index (χ2v) is 6.38. The van der Waals surface area contributed by atoms with Gasteiger partial charge in [0.15, 0.2) is 0 Å². The summed E-state index contributed by atoms with van der Waals surface area (Å²) >= 11 is 0. The highest BCUT2D eigenvalue weighted by Gasteiger charge is 2.95. The van der Waals surface area contributed by atoms with Gasteiger partial charge in [-0.3, -0.25) is 0 Å². The van der Waals surface area contributed by atoms with Crippen molar-refractivity contribution < 1.29 is 79.4 Å². The summed E-state index contributed by atoms with van der Waals surface area (Å²) in [6.07, 6.45) is -14.7. The number of rotatable bonds is 8. The molecule has 0 aliphatic rings. The molecule has 0 aliphatic carbocycles. The first-order chi connectivity index (χ1) is 14.2. The molecule has 0 saturated heterocycles. The van der Waals surface area contributed by atoms with Crippen LogP contribution in [0, 0.1) is 6.92 Å². The molecule has 18 heteroatoms. The Morgan fingerprint density at radius 1 is 0.455 bits per heavy atom. The Morgan fingerprint density at radius 2 is 0.758 bits per heavy atom. The van der Waals surface area contributed by atoms with Gasteiger partial charge < -0.3 is 4.74 Å². The average Bonchev–Trinajstić information content (AvgIpc) is 2.61. The Kier molecular flexibility index (Phi) is 6.71. The van der Waals surface area contributed by atoms with Gasteiger partial charge in [0.25, 0.3) is 0 Å². The van der Waals surface area contributed by atoms with E-state index in [1.54, 1.807) is 0 Å². The predicted molar refractivity (Wildman–Crippen MR) is 72.5 cm³/mol. The molecule has 1 rings (SSSR count). The zero-order valence-electron chi connectivity index (χ0n) is 15.1. The van der Waals surface area contributed by atoms with Gasteiger partial charge in [0, 0.05) is 0 Å². The van der Waals surface area contributed by atoms with Crippen molar-refractivity contribution in [1.82, 2.24) is 0 Å². The largest absolute Gasteiger partial charge is 0.471 e. The van der Waals surface area contributed by atoms with E-state index in [1.165, 1.54) is 6.92 Å². The van der Waals surface area contributed by atoms with Gasteiger partial charge in [-0.05, 0) is 19.1 Å². The van der Waals surface area contributed by atoms with Gasteiger partial charge in [0.1, 0.15) is 5.75 Å². The van der Waals surface area contributed by atoms with E-state index in [-0.39, 0.29) is 5.56 Å². The van der Waals surface area contributed by atoms with Gasteiger partial charge in [-0.15, -0.1) is 0 Å². The molecule has 0 saturated carbocycles. The van der Waals surface area contributed by atoms with E-state index in [1.807, 2.05) is 0 Å². The van der Waals surface area contributed by atoms with Crippen molar-refractivity contribution in [1.29, 1.82) is 0 Å². The smallest absolute Gasteiger partial charge is 0.428 e. The highest BCUT2D eigenvalue weighted by molar-refractivity contribution is 5.27. The molecule has 0 atom stereocenters. The number of hydrogen-bond donors (Lipinski definition) is 0. The third kappa shape index (κ3) is 4.02. The molecule has 0 fully saturated rings. The minimum absolute atomic E-state index is 0.210. The number of aryl methyl sites for hydroxylation is 1. The third-order valence-corrected chi connectivity index (χ3v) is 3.96. The fraction of sp³-hybridized carbons (Fsp3) is 0.600. The summed E-state index contributed by atoms with van der Waals surface area (Å²) in [5, 5.41) is 0. The van der Waals surface area contributed by atoms with E-state index in [0.29, 0.717) is 12.1 Å². The molecule has 0 spiro atoms. The maximum absolute atomic E-state index is 13.6. The van der Waals surface area contributed by atoms with Gasteiger partial charge in [-0.25, -0.2) is 0 Å². The summed E-state index contributed by atoms with van der Waals surface area (Å²) in [6, 6.07) is 2.35. The van der Waals surface area contributed by atoms with Gasteiger partial charge >= 0.3 is 47.8 Å². The van der Waals surface area contributed by atoms with E-state index in [4.69, 9.17) is 0 Å². The molecule has 0 aromatic heterocycles. The number of benzene rings is 1. The van der Waals surface area contributed by atoms with Crippen molar-refractivity contribution in [2.45, 2.75) is 54.7 Å². The van der Waals surface area contributed by atoms with Crippen LogP contribution < -0.4 is 4.74 Å². The van der Waals surface area contributed by atoms with E-state index in [9.17, 15) is 74.6 Å². The van der Waals surface area contributed by atoms with Crippen LogP contribution in [0.25, 0.3) is 0 Å². The minimum atomic E-state index is -8.66. The maximum atomic E-state index is 13.6. The third-order valence-electron chi connectivity index (χ3n) is 3.96. The standard InChI is InChI=1S/C15H7F17O/c1-6-2-4-7(5-3-6)33-15(31,32)13(26,27)11(22,23)9(18,19)8(16,17)10(20,21)12(24,25)14(28,29)30/h2-5H,1H3. The molecular formula is C15H7F17O. The normalized spacial score (nSPS) is 15.6. The lowest BCUT2D eigenvalue weighted by molar-refractivity contribution is -0.471. The van der Waals surface area contributed by atoms with Crippen LogP contribution in [0.3, 0.4) is 0 Å². The number of alkyl halides is 17. The Bertz CT molecular complexity index is 837. The predicted octanol–water partition coefficient (Wildman–Crippen LogP) is 7.34. The molecule has 1 aromatic rings. The highest BCUT2D eigenvalue weighted by atomic mass is 19.4. The van der Waals surface area contributed by atoms with Crippen molar-refractivity contribution in [3.63, 3.8) is 0 Å². The van der Waals surface area contributed by atoms with Crippen molar-refractivity contribution >= 4 is 0 Å². The molecule has 0 N–H and O–H groups in total.